The van der Waals surface area contributed by atoms with E-state index < -0.39 is 24.6 Å². The Morgan fingerprint density at radius 1 is 1.56 bits per heavy atom. The van der Waals surface area contributed by atoms with Gasteiger partial charge in [0.2, 0.25) is 0 Å². The normalized spacial score (nSPS) is 11.9. The van der Waals surface area contributed by atoms with Crippen LogP contribution in [0.2, 0.25) is 4.34 Å². The summed E-state index contributed by atoms with van der Waals surface area (Å²) >= 11 is 7.10. The molecule has 0 saturated carbocycles. The van der Waals surface area contributed by atoms with Gasteiger partial charge >= 0.3 is 12.0 Å². The molecule has 0 spiro atoms. The molecule has 0 fully saturated rings. The predicted molar refractivity (Wildman–Crippen MR) is 67.8 cm³/mol. The van der Waals surface area contributed by atoms with Crippen LogP contribution < -0.4 is 5.32 Å². The molecular weight excluding hydrogens is 280 g/mol. The molecule has 0 saturated heterocycles. The summed E-state index contributed by atoms with van der Waals surface area (Å²) in [7, 11) is 1.53. The van der Waals surface area contributed by atoms with E-state index in [1.165, 1.54) is 23.3 Å². The lowest BCUT2D eigenvalue weighted by atomic mass is 10.3. The Balaban J connectivity index is 2.53. The maximum absolute atomic E-state index is 11.6. The van der Waals surface area contributed by atoms with Crippen molar-refractivity contribution in [1.29, 1.82) is 0 Å². The second-order valence-electron chi connectivity index (χ2n) is 3.58. The van der Waals surface area contributed by atoms with Crippen molar-refractivity contribution < 1.29 is 19.8 Å². The SMILES string of the molecule is CN(Cc1ccc(Cl)s1)C(=O)N[C@@H](CO)C(=O)O. The van der Waals surface area contributed by atoms with Gasteiger partial charge in [-0.15, -0.1) is 11.3 Å². The lowest BCUT2D eigenvalue weighted by molar-refractivity contribution is -0.140. The summed E-state index contributed by atoms with van der Waals surface area (Å²) < 4.78 is 0.623. The van der Waals surface area contributed by atoms with Crippen LogP contribution in [0.25, 0.3) is 0 Å². The molecule has 100 valence electrons. The van der Waals surface area contributed by atoms with Gasteiger partial charge in [-0.05, 0) is 12.1 Å². The fourth-order valence-corrected chi connectivity index (χ4v) is 2.33. The Morgan fingerprint density at radius 3 is 2.67 bits per heavy atom. The first-order chi connectivity index (χ1) is 8.43. The van der Waals surface area contributed by atoms with E-state index in [1.807, 2.05) is 0 Å². The molecular formula is C10H13ClN2O4S. The van der Waals surface area contributed by atoms with Gasteiger partial charge in [0, 0.05) is 11.9 Å². The topological polar surface area (TPSA) is 89.9 Å². The minimum atomic E-state index is -1.30. The van der Waals surface area contributed by atoms with Crippen LogP contribution in [-0.4, -0.2) is 46.8 Å². The number of nitrogens with zero attached hydrogens (tertiary/aromatic N) is 1. The number of aliphatic carboxylic acids is 1. The zero-order valence-electron chi connectivity index (χ0n) is 9.59. The number of carboxylic acids is 1. The van der Waals surface area contributed by atoms with E-state index in [4.69, 9.17) is 21.8 Å². The van der Waals surface area contributed by atoms with Crippen molar-refractivity contribution in [3.05, 3.63) is 21.3 Å². The second-order valence-corrected chi connectivity index (χ2v) is 5.38. The Hall–Kier alpha value is -1.31. The van der Waals surface area contributed by atoms with Gasteiger partial charge in [0.25, 0.3) is 0 Å². The maximum atomic E-state index is 11.6. The molecule has 1 rings (SSSR count). The molecule has 0 aliphatic heterocycles. The Morgan fingerprint density at radius 2 is 2.22 bits per heavy atom. The standard InChI is InChI=1S/C10H13ClN2O4S/c1-13(4-6-2-3-8(11)18-6)10(17)12-7(5-14)9(15)16/h2-3,7,14H,4-5H2,1H3,(H,12,17)(H,15,16)/t7-/m0/s1. The molecule has 1 aromatic rings. The number of urea groups is 1. The molecule has 0 unspecified atom stereocenters. The van der Waals surface area contributed by atoms with Crippen molar-refractivity contribution in [1.82, 2.24) is 10.2 Å². The largest absolute Gasteiger partial charge is 0.480 e. The van der Waals surface area contributed by atoms with Gasteiger partial charge in [0.05, 0.1) is 17.5 Å². The molecule has 6 nitrogen and oxygen atoms in total. The van der Waals surface area contributed by atoms with Crippen LogP contribution in [-0.2, 0) is 11.3 Å². The molecule has 18 heavy (non-hydrogen) atoms. The van der Waals surface area contributed by atoms with Crippen LogP contribution in [0.15, 0.2) is 12.1 Å². The molecule has 1 heterocycles. The van der Waals surface area contributed by atoms with Crippen molar-refractivity contribution in [2.24, 2.45) is 0 Å². The molecule has 0 aliphatic carbocycles. The van der Waals surface area contributed by atoms with Crippen LogP contribution in [0.5, 0.6) is 0 Å². The van der Waals surface area contributed by atoms with Gasteiger partial charge in [-0.25, -0.2) is 9.59 Å². The number of aliphatic hydroxyl groups is 1. The van der Waals surface area contributed by atoms with Crippen LogP contribution in [0.4, 0.5) is 4.79 Å². The summed E-state index contributed by atoms with van der Waals surface area (Å²) in [6, 6.07) is 1.64. The molecule has 8 heteroatoms. The van der Waals surface area contributed by atoms with E-state index in [1.54, 1.807) is 12.1 Å². The first-order valence-corrected chi connectivity index (χ1v) is 6.23. The van der Waals surface area contributed by atoms with Gasteiger partial charge in [-0.3, -0.25) is 0 Å². The van der Waals surface area contributed by atoms with Gasteiger partial charge in [0.1, 0.15) is 0 Å². The average Bonchev–Trinajstić information content (AvgIpc) is 2.70. The first-order valence-electron chi connectivity index (χ1n) is 5.03. The number of rotatable bonds is 5. The van der Waals surface area contributed by atoms with E-state index in [0.29, 0.717) is 10.9 Å². The molecule has 0 aliphatic rings. The highest BCUT2D eigenvalue weighted by Gasteiger charge is 2.20. The highest BCUT2D eigenvalue weighted by molar-refractivity contribution is 7.16. The summed E-state index contributed by atoms with van der Waals surface area (Å²) in [6.45, 7) is -0.333. The smallest absolute Gasteiger partial charge is 0.328 e. The van der Waals surface area contributed by atoms with E-state index in [-0.39, 0.29) is 0 Å². The van der Waals surface area contributed by atoms with Gasteiger partial charge in [-0.2, -0.15) is 0 Å². The van der Waals surface area contributed by atoms with E-state index in [0.717, 1.165) is 4.88 Å². The third kappa shape index (κ3) is 4.17. The minimum absolute atomic E-state index is 0.320. The maximum Gasteiger partial charge on any atom is 0.328 e. The van der Waals surface area contributed by atoms with E-state index in [2.05, 4.69) is 5.32 Å². The Kier molecular flexibility index (Phi) is 5.39. The minimum Gasteiger partial charge on any atom is -0.480 e. The number of aliphatic hydroxyl groups excluding tert-OH is 1. The van der Waals surface area contributed by atoms with E-state index >= 15 is 0 Å². The fourth-order valence-electron chi connectivity index (χ4n) is 1.19. The summed E-state index contributed by atoms with van der Waals surface area (Å²) in [4.78, 5) is 24.5. The van der Waals surface area contributed by atoms with E-state index in [9.17, 15) is 9.59 Å². The Labute approximate surface area is 113 Å². The highest BCUT2D eigenvalue weighted by atomic mass is 35.5. The zero-order valence-corrected chi connectivity index (χ0v) is 11.2. The quantitative estimate of drug-likeness (QED) is 0.755. The van der Waals surface area contributed by atoms with Gasteiger partial charge in [-0.1, -0.05) is 11.6 Å². The van der Waals surface area contributed by atoms with Crippen molar-refractivity contribution >= 4 is 34.9 Å². The molecule has 1 atom stereocenters. The molecule has 3 N–H and O–H groups in total. The molecule has 1 aromatic heterocycles. The molecule has 2 amide bonds. The predicted octanol–water partition coefficient (Wildman–Crippen LogP) is 0.988. The monoisotopic (exact) mass is 292 g/mol. The van der Waals surface area contributed by atoms with Crippen molar-refractivity contribution in [2.75, 3.05) is 13.7 Å². The number of carbonyl (C=O) groups excluding carboxylic acids is 1. The van der Waals surface area contributed by atoms with Gasteiger partial charge in [0.15, 0.2) is 6.04 Å². The highest BCUT2D eigenvalue weighted by Crippen LogP contribution is 2.22. The number of hydrogen-bond donors (Lipinski definition) is 3. The van der Waals surface area contributed by atoms with Crippen molar-refractivity contribution in [3.63, 3.8) is 0 Å². The second kappa shape index (κ2) is 6.58. The summed E-state index contributed by atoms with van der Waals surface area (Å²) in [5.74, 6) is -1.28. The third-order valence-corrected chi connectivity index (χ3v) is 3.36. The Bertz CT molecular complexity index is 437. The molecule has 0 radical (unpaired) electrons. The molecule has 0 aromatic carbocycles. The van der Waals surface area contributed by atoms with Crippen molar-refractivity contribution in [3.8, 4) is 0 Å². The number of hydrogen-bond acceptors (Lipinski definition) is 4. The number of carboxylic acid groups (broad SMARTS) is 1. The van der Waals surface area contributed by atoms with Gasteiger partial charge < -0.3 is 20.4 Å². The van der Waals surface area contributed by atoms with Crippen molar-refractivity contribution in [2.45, 2.75) is 12.6 Å². The summed E-state index contributed by atoms with van der Waals surface area (Å²) in [5, 5.41) is 19.7. The number of nitrogens with one attached hydrogen (secondary N) is 1. The van der Waals surface area contributed by atoms with Crippen LogP contribution in [0.3, 0.4) is 0 Å². The summed E-state index contributed by atoms with van der Waals surface area (Å²) in [5.41, 5.74) is 0. The number of amides is 2. The third-order valence-electron chi connectivity index (χ3n) is 2.15. The van der Waals surface area contributed by atoms with Crippen LogP contribution in [0, 0.1) is 0 Å². The molecule has 0 bridgehead atoms. The van der Waals surface area contributed by atoms with Crippen LogP contribution >= 0.6 is 22.9 Å². The zero-order chi connectivity index (χ0) is 13.7. The fraction of sp³-hybridized carbons (Fsp3) is 0.400. The number of halogens is 1. The number of thiophene rings is 1. The lowest BCUT2D eigenvalue weighted by Crippen LogP contribution is -2.48. The van der Waals surface area contributed by atoms with Crippen LogP contribution in [0.1, 0.15) is 4.88 Å². The lowest BCUT2D eigenvalue weighted by Gasteiger charge is -2.19. The number of carbonyl (C=O) groups is 2. The first kappa shape index (κ1) is 14.7. The summed E-state index contributed by atoms with van der Waals surface area (Å²) in [6.07, 6.45) is 0. The average molecular weight is 293 g/mol.